The third kappa shape index (κ3) is 6.16. The molecule has 20 heavy (non-hydrogen) atoms. The number of nitrogens with zero attached hydrogens (tertiary/aromatic N) is 2. The molecule has 6 heteroatoms. The van der Waals surface area contributed by atoms with Gasteiger partial charge in [-0.2, -0.15) is 11.3 Å². The first-order chi connectivity index (χ1) is 9.38. The summed E-state index contributed by atoms with van der Waals surface area (Å²) in [6.45, 7) is 5.22. The standard InChI is InChI=1S/C14H22N2O3S/c1-11(2)6-16(9-14(18)19)8-13(17)15(3)7-12-4-5-20-10-12/h4-5,10-11H,6-9H2,1-3H3,(H,18,19). The number of rotatable bonds is 8. The van der Waals surface area contributed by atoms with E-state index in [0.717, 1.165) is 5.56 Å². The van der Waals surface area contributed by atoms with E-state index < -0.39 is 5.97 Å². The fraction of sp³-hybridized carbons (Fsp3) is 0.571. The number of thiophene rings is 1. The summed E-state index contributed by atoms with van der Waals surface area (Å²) in [5.74, 6) is -0.638. The number of carboxylic acids is 1. The fourth-order valence-electron chi connectivity index (χ4n) is 1.95. The molecular weight excluding hydrogens is 276 g/mol. The zero-order valence-electron chi connectivity index (χ0n) is 12.2. The van der Waals surface area contributed by atoms with Crippen LogP contribution in [0.15, 0.2) is 16.8 Å². The highest BCUT2D eigenvalue weighted by atomic mass is 32.1. The molecule has 0 atom stereocenters. The maximum atomic E-state index is 12.1. The monoisotopic (exact) mass is 298 g/mol. The van der Waals surface area contributed by atoms with Gasteiger partial charge in [0.25, 0.3) is 0 Å². The van der Waals surface area contributed by atoms with Crippen LogP contribution in [-0.2, 0) is 16.1 Å². The number of hydrogen-bond donors (Lipinski definition) is 1. The van der Waals surface area contributed by atoms with Crippen LogP contribution in [0.3, 0.4) is 0 Å². The summed E-state index contributed by atoms with van der Waals surface area (Å²) < 4.78 is 0. The molecule has 0 aromatic carbocycles. The lowest BCUT2D eigenvalue weighted by Gasteiger charge is -2.25. The Hall–Kier alpha value is -1.40. The second-order valence-corrected chi connectivity index (χ2v) is 6.12. The van der Waals surface area contributed by atoms with Gasteiger partial charge in [0.2, 0.25) is 5.91 Å². The lowest BCUT2D eigenvalue weighted by Crippen LogP contribution is -2.41. The van der Waals surface area contributed by atoms with E-state index in [4.69, 9.17) is 5.11 Å². The molecule has 0 aliphatic heterocycles. The highest BCUT2D eigenvalue weighted by Gasteiger charge is 2.18. The highest BCUT2D eigenvalue weighted by molar-refractivity contribution is 7.07. The van der Waals surface area contributed by atoms with Crippen LogP contribution in [0.1, 0.15) is 19.4 Å². The molecule has 0 aliphatic carbocycles. The summed E-state index contributed by atoms with van der Waals surface area (Å²) >= 11 is 1.60. The largest absolute Gasteiger partial charge is 0.480 e. The predicted octanol–water partition coefficient (Wildman–Crippen LogP) is 1.75. The van der Waals surface area contributed by atoms with Crippen LogP contribution in [0.2, 0.25) is 0 Å². The van der Waals surface area contributed by atoms with Crippen LogP contribution in [-0.4, -0.2) is 53.5 Å². The van der Waals surface area contributed by atoms with E-state index in [1.807, 2.05) is 30.7 Å². The van der Waals surface area contributed by atoms with Crippen molar-refractivity contribution in [1.29, 1.82) is 0 Å². The van der Waals surface area contributed by atoms with Crippen molar-refractivity contribution < 1.29 is 14.7 Å². The number of carboxylic acid groups (broad SMARTS) is 1. The minimum Gasteiger partial charge on any atom is -0.480 e. The molecule has 112 valence electrons. The normalized spacial score (nSPS) is 11.1. The average Bonchev–Trinajstić information content (AvgIpc) is 2.79. The molecule has 1 rings (SSSR count). The average molecular weight is 298 g/mol. The molecule has 1 heterocycles. The first kappa shape index (κ1) is 16.7. The summed E-state index contributed by atoms with van der Waals surface area (Å²) in [7, 11) is 1.74. The summed E-state index contributed by atoms with van der Waals surface area (Å²) in [5, 5.41) is 12.9. The zero-order valence-corrected chi connectivity index (χ0v) is 13.0. The van der Waals surface area contributed by atoms with Gasteiger partial charge >= 0.3 is 5.97 Å². The third-order valence-electron chi connectivity index (χ3n) is 2.77. The Morgan fingerprint density at radius 3 is 2.55 bits per heavy atom. The summed E-state index contributed by atoms with van der Waals surface area (Å²) in [5.41, 5.74) is 1.10. The highest BCUT2D eigenvalue weighted by Crippen LogP contribution is 2.09. The number of aliphatic carboxylic acids is 1. The molecule has 5 nitrogen and oxygen atoms in total. The van der Waals surface area contributed by atoms with E-state index in [2.05, 4.69) is 0 Å². The Morgan fingerprint density at radius 1 is 1.35 bits per heavy atom. The van der Waals surface area contributed by atoms with Gasteiger partial charge in [-0.3, -0.25) is 14.5 Å². The van der Waals surface area contributed by atoms with Gasteiger partial charge in [-0.15, -0.1) is 0 Å². The van der Waals surface area contributed by atoms with Crippen molar-refractivity contribution in [2.24, 2.45) is 5.92 Å². The topological polar surface area (TPSA) is 60.9 Å². The van der Waals surface area contributed by atoms with E-state index in [9.17, 15) is 9.59 Å². The van der Waals surface area contributed by atoms with Crippen LogP contribution >= 0.6 is 11.3 Å². The lowest BCUT2D eigenvalue weighted by molar-refractivity contribution is -0.139. The van der Waals surface area contributed by atoms with Gasteiger partial charge in [-0.05, 0) is 28.3 Å². The Labute approximate surface area is 123 Å². The molecule has 1 amide bonds. The van der Waals surface area contributed by atoms with Crippen LogP contribution in [0.4, 0.5) is 0 Å². The number of amides is 1. The summed E-state index contributed by atoms with van der Waals surface area (Å²) in [6, 6.07) is 1.98. The van der Waals surface area contributed by atoms with E-state index in [1.165, 1.54) is 0 Å². The van der Waals surface area contributed by atoms with Crippen molar-refractivity contribution in [2.75, 3.05) is 26.7 Å². The van der Waals surface area contributed by atoms with Crippen LogP contribution in [0, 0.1) is 5.92 Å². The van der Waals surface area contributed by atoms with E-state index >= 15 is 0 Å². The van der Waals surface area contributed by atoms with Gasteiger partial charge in [0.15, 0.2) is 0 Å². The third-order valence-corrected chi connectivity index (χ3v) is 3.50. The number of carbonyl (C=O) groups is 2. The lowest BCUT2D eigenvalue weighted by atomic mass is 10.2. The Morgan fingerprint density at radius 2 is 2.05 bits per heavy atom. The second-order valence-electron chi connectivity index (χ2n) is 5.34. The molecule has 0 aliphatic rings. The van der Waals surface area contributed by atoms with Crippen molar-refractivity contribution in [3.63, 3.8) is 0 Å². The van der Waals surface area contributed by atoms with Crippen molar-refractivity contribution in [3.05, 3.63) is 22.4 Å². The fourth-order valence-corrected chi connectivity index (χ4v) is 2.61. The Balaban J connectivity index is 2.53. The van der Waals surface area contributed by atoms with Gasteiger partial charge in [0, 0.05) is 20.1 Å². The maximum Gasteiger partial charge on any atom is 0.317 e. The van der Waals surface area contributed by atoms with Crippen molar-refractivity contribution >= 4 is 23.2 Å². The van der Waals surface area contributed by atoms with Crippen molar-refractivity contribution in [2.45, 2.75) is 20.4 Å². The van der Waals surface area contributed by atoms with Gasteiger partial charge in [-0.25, -0.2) is 0 Å². The Kier molecular flexibility index (Phi) is 6.67. The Bertz CT molecular complexity index is 432. The number of hydrogen-bond acceptors (Lipinski definition) is 4. The molecule has 1 aromatic rings. The van der Waals surface area contributed by atoms with E-state index in [0.29, 0.717) is 19.0 Å². The molecule has 0 fully saturated rings. The van der Waals surface area contributed by atoms with Gasteiger partial charge in [0.1, 0.15) is 0 Å². The maximum absolute atomic E-state index is 12.1. The van der Waals surface area contributed by atoms with Gasteiger partial charge in [0.05, 0.1) is 13.1 Å². The minimum absolute atomic E-state index is 0.0573. The smallest absolute Gasteiger partial charge is 0.317 e. The predicted molar refractivity (Wildman–Crippen MR) is 79.7 cm³/mol. The second kappa shape index (κ2) is 8.01. The van der Waals surface area contributed by atoms with E-state index in [-0.39, 0.29) is 19.0 Å². The summed E-state index contributed by atoms with van der Waals surface area (Å²) in [6.07, 6.45) is 0. The van der Waals surface area contributed by atoms with Gasteiger partial charge in [-0.1, -0.05) is 13.8 Å². The molecule has 0 spiro atoms. The molecule has 0 unspecified atom stereocenters. The molecule has 1 N–H and O–H groups in total. The SMILES string of the molecule is CC(C)CN(CC(=O)O)CC(=O)N(C)Cc1ccsc1. The molecule has 1 aromatic heterocycles. The first-order valence-corrected chi connectivity index (χ1v) is 7.52. The van der Waals surface area contributed by atoms with Crippen LogP contribution < -0.4 is 0 Å². The van der Waals surface area contributed by atoms with Crippen molar-refractivity contribution in [1.82, 2.24) is 9.80 Å². The van der Waals surface area contributed by atoms with Gasteiger partial charge < -0.3 is 10.0 Å². The first-order valence-electron chi connectivity index (χ1n) is 6.57. The molecule has 0 saturated heterocycles. The van der Waals surface area contributed by atoms with Crippen LogP contribution in [0.5, 0.6) is 0 Å². The molecule has 0 saturated carbocycles. The summed E-state index contributed by atoms with van der Waals surface area (Å²) in [4.78, 5) is 26.3. The van der Waals surface area contributed by atoms with E-state index in [1.54, 1.807) is 28.2 Å². The zero-order chi connectivity index (χ0) is 15.1. The van der Waals surface area contributed by atoms with Crippen LogP contribution in [0.25, 0.3) is 0 Å². The number of likely N-dealkylation sites (N-methyl/N-ethyl adjacent to an activating group) is 1. The number of carbonyl (C=O) groups excluding carboxylic acids is 1. The quantitative estimate of drug-likeness (QED) is 0.794. The molecule has 0 radical (unpaired) electrons. The molecular formula is C14H22N2O3S. The minimum atomic E-state index is -0.904. The van der Waals surface area contributed by atoms with Crippen molar-refractivity contribution in [3.8, 4) is 0 Å². The molecule has 0 bridgehead atoms.